The number of hydrogen-bond donors (Lipinski definition) is 3. The van der Waals surface area contributed by atoms with Crippen molar-refractivity contribution in [3.05, 3.63) is 17.5 Å². The smallest absolute Gasteiger partial charge is 0.326 e. The highest BCUT2D eigenvalue weighted by Crippen LogP contribution is 2.07. The predicted octanol–water partition coefficient (Wildman–Crippen LogP) is 1.20. The van der Waals surface area contributed by atoms with Crippen molar-refractivity contribution in [2.24, 2.45) is 5.92 Å². The largest absolute Gasteiger partial charge is 0.480 e. The highest BCUT2D eigenvalue weighted by molar-refractivity contribution is 5.95. The lowest BCUT2D eigenvalue weighted by molar-refractivity contribution is -0.139. The van der Waals surface area contributed by atoms with Crippen LogP contribution in [0.15, 0.2) is 6.07 Å². The molecule has 0 aromatic carbocycles. The fourth-order valence-corrected chi connectivity index (χ4v) is 1.58. The van der Waals surface area contributed by atoms with E-state index in [-0.39, 0.29) is 11.6 Å². The van der Waals surface area contributed by atoms with Gasteiger partial charge in [-0.2, -0.15) is 5.10 Å². The Morgan fingerprint density at radius 1 is 1.50 bits per heavy atom. The normalized spacial score (nSPS) is 12.4. The van der Waals surface area contributed by atoms with Gasteiger partial charge in [-0.05, 0) is 24.8 Å². The molecule has 0 aliphatic carbocycles. The lowest BCUT2D eigenvalue weighted by atomic mass is 10.0. The number of amides is 1. The van der Waals surface area contributed by atoms with Crippen LogP contribution >= 0.6 is 0 Å². The number of rotatable bonds is 6. The van der Waals surface area contributed by atoms with Crippen LogP contribution in [0, 0.1) is 5.92 Å². The van der Waals surface area contributed by atoms with E-state index >= 15 is 0 Å². The molecule has 0 radical (unpaired) electrons. The van der Waals surface area contributed by atoms with Gasteiger partial charge in [-0.25, -0.2) is 4.79 Å². The SMILES string of the molecule is CCc1cc(C(=O)N[C@H](CC(C)C)C(=O)O)n[nH]1. The Morgan fingerprint density at radius 2 is 2.17 bits per heavy atom. The zero-order valence-corrected chi connectivity index (χ0v) is 10.9. The van der Waals surface area contributed by atoms with Crippen LogP contribution in [0.1, 0.15) is 43.4 Å². The first-order chi connectivity index (χ1) is 8.43. The van der Waals surface area contributed by atoms with E-state index < -0.39 is 17.9 Å². The molecule has 0 saturated carbocycles. The number of nitrogens with one attached hydrogen (secondary N) is 2. The highest BCUT2D eigenvalue weighted by Gasteiger charge is 2.22. The minimum absolute atomic E-state index is 0.191. The van der Waals surface area contributed by atoms with Crippen molar-refractivity contribution in [1.82, 2.24) is 15.5 Å². The van der Waals surface area contributed by atoms with Crippen molar-refractivity contribution in [1.29, 1.82) is 0 Å². The second kappa shape index (κ2) is 6.18. The Bertz CT molecular complexity index is 426. The van der Waals surface area contributed by atoms with Gasteiger partial charge in [-0.1, -0.05) is 20.8 Å². The fourth-order valence-electron chi connectivity index (χ4n) is 1.58. The van der Waals surface area contributed by atoms with Crippen molar-refractivity contribution in [3.8, 4) is 0 Å². The third kappa shape index (κ3) is 3.87. The van der Waals surface area contributed by atoms with E-state index in [9.17, 15) is 9.59 Å². The number of carboxylic acids is 1. The summed E-state index contributed by atoms with van der Waals surface area (Å²) in [4.78, 5) is 22.8. The Kier molecular flexibility index (Phi) is 4.88. The molecule has 100 valence electrons. The molecule has 1 amide bonds. The average molecular weight is 253 g/mol. The maximum absolute atomic E-state index is 11.8. The zero-order valence-electron chi connectivity index (χ0n) is 10.9. The second-order valence-electron chi connectivity index (χ2n) is 4.63. The number of carbonyl (C=O) groups is 2. The van der Waals surface area contributed by atoms with Gasteiger partial charge < -0.3 is 10.4 Å². The van der Waals surface area contributed by atoms with E-state index in [0.29, 0.717) is 6.42 Å². The van der Waals surface area contributed by atoms with Gasteiger partial charge in [0, 0.05) is 5.69 Å². The number of hydrogen-bond acceptors (Lipinski definition) is 3. The third-order valence-electron chi connectivity index (χ3n) is 2.55. The molecule has 0 aliphatic heterocycles. The monoisotopic (exact) mass is 253 g/mol. The lowest BCUT2D eigenvalue weighted by Crippen LogP contribution is -2.41. The first kappa shape index (κ1) is 14.2. The number of carbonyl (C=O) groups excluding carboxylic acids is 1. The lowest BCUT2D eigenvalue weighted by Gasteiger charge is -2.15. The van der Waals surface area contributed by atoms with Crippen LogP contribution in [0.4, 0.5) is 0 Å². The average Bonchev–Trinajstić information content (AvgIpc) is 2.75. The molecule has 0 fully saturated rings. The molecule has 1 aromatic heterocycles. The maximum Gasteiger partial charge on any atom is 0.326 e. The molecule has 6 nitrogen and oxygen atoms in total. The van der Waals surface area contributed by atoms with Crippen molar-refractivity contribution >= 4 is 11.9 Å². The molecule has 0 unspecified atom stereocenters. The zero-order chi connectivity index (χ0) is 13.7. The van der Waals surface area contributed by atoms with E-state index in [1.54, 1.807) is 6.07 Å². The Hall–Kier alpha value is -1.85. The molecular formula is C12H19N3O3. The first-order valence-electron chi connectivity index (χ1n) is 6.02. The van der Waals surface area contributed by atoms with Gasteiger partial charge in [0.2, 0.25) is 0 Å². The van der Waals surface area contributed by atoms with Crippen LogP contribution in [-0.4, -0.2) is 33.2 Å². The van der Waals surface area contributed by atoms with Gasteiger partial charge in [0.25, 0.3) is 5.91 Å². The second-order valence-corrected chi connectivity index (χ2v) is 4.63. The van der Waals surface area contributed by atoms with Gasteiger partial charge in [0.15, 0.2) is 0 Å². The van der Waals surface area contributed by atoms with E-state index in [1.807, 2.05) is 20.8 Å². The summed E-state index contributed by atoms with van der Waals surface area (Å²) in [6, 6.07) is 0.753. The molecule has 1 rings (SSSR count). The Balaban J connectivity index is 2.69. The molecule has 6 heteroatoms. The van der Waals surface area contributed by atoms with Crippen LogP contribution in [0.5, 0.6) is 0 Å². The summed E-state index contributed by atoms with van der Waals surface area (Å²) < 4.78 is 0. The fraction of sp³-hybridized carbons (Fsp3) is 0.583. The molecule has 0 bridgehead atoms. The van der Waals surface area contributed by atoms with Crippen molar-refractivity contribution < 1.29 is 14.7 Å². The number of H-pyrrole nitrogens is 1. The minimum atomic E-state index is -1.02. The van der Waals surface area contributed by atoms with Crippen molar-refractivity contribution in [2.75, 3.05) is 0 Å². The maximum atomic E-state index is 11.8. The van der Waals surface area contributed by atoms with Gasteiger partial charge in [0.1, 0.15) is 11.7 Å². The Morgan fingerprint density at radius 3 is 2.61 bits per heavy atom. The summed E-state index contributed by atoms with van der Waals surface area (Å²) in [7, 11) is 0. The number of aromatic amines is 1. The first-order valence-corrected chi connectivity index (χ1v) is 6.02. The molecule has 0 saturated heterocycles. The summed E-state index contributed by atoms with van der Waals surface area (Å²) in [6.45, 7) is 5.76. The van der Waals surface area contributed by atoms with Crippen molar-refractivity contribution in [3.63, 3.8) is 0 Å². The summed E-state index contributed by atoms with van der Waals surface area (Å²) >= 11 is 0. The van der Waals surface area contributed by atoms with Crippen LogP contribution in [0.3, 0.4) is 0 Å². The van der Waals surface area contributed by atoms with Crippen LogP contribution < -0.4 is 5.32 Å². The summed E-state index contributed by atoms with van der Waals surface area (Å²) in [6.07, 6.45) is 1.14. The van der Waals surface area contributed by atoms with Gasteiger partial charge >= 0.3 is 5.97 Å². The minimum Gasteiger partial charge on any atom is -0.480 e. The third-order valence-corrected chi connectivity index (χ3v) is 2.55. The summed E-state index contributed by atoms with van der Waals surface area (Å²) in [5, 5.41) is 18.1. The molecule has 1 heterocycles. The van der Waals surface area contributed by atoms with Crippen molar-refractivity contribution in [2.45, 2.75) is 39.7 Å². The standard InChI is InChI=1S/C12H19N3O3/c1-4-8-6-9(15-14-8)11(16)13-10(12(17)18)5-7(2)3/h6-7,10H,4-5H2,1-3H3,(H,13,16)(H,14,15)(H,17,18)/t10-/m1/s1. The van der Waals surface area contributed by atoms with Gasteiger partial charge in [0.05, 0.1) is 0 Å². The molecule has 3 N–H and O–H groups in total. The van der Waals surface area contributed by atoms with Crippen LogP contribution in [0.2, 0.25) is 0 Å². The number of aryl methyl sites for hydroxylation is 1. The van der Waals surface area contributed by atoms with E-state index in [4.69, 9.17) is 5.11 Å². The quantitative estimate of drug-likeness (QED) is 0.710. The predicted molar refractivity (Wildman–Crippen MR) is 66.3 cm³/mol. The summed E-state index contributed by atoms with van der Waals surface area (Å²) in [5.41, 5.74) is 1.07. The number of aromatic nitrogens is 2. The molecule has 18 heavy (non-hydrogen) atoms. The summed E-state index contributed by atoms with van der Waals surface area (Å²) in [5.74, 6) is -1.29. The van der Waals surface area contributed by atoms with E-state index in [1.165, 1.54) is 0 Å². The molecule has 0 spiro atoms. The molecule has 1 atom stereocenters. The van der Waals surface area contributed by atoms with Gasteiger partial charge in [-0.15, -0.1) is 0 Å². The highest BCUT2D eigenvalue weighted by atomic mass is 16.4. The van der Waals surface area contributed by atoms with E-state index in [0.717, 1.165) is 12.1 Å². The Labute approximate surface area is 106 Å². The molecule has 0 aliphatic rings. The van der Waals surface area contributed by atoms with Gasteiger partial charge in [-0.3, -0.25) is 9.89 Å². The topological polar surface area (TPSA) is 95.1 Å². The van der Waals surface area contributed by atoms with E-state index in [2.05, 4.69) is 15.5 Å². The van der Waals surface area contributed by atoms with Crippen LogP contribution in [-0.2, 0) is 11.2 Å². The number of carboxylic acid groups (broad SMARTS) is 1. The molecule has 1 aromatic rings. The number of nitrogens with zero attached hydrogens (tertiary/aromatic N) is 1. The molecular weight excluding hydrogens is 234 g/mol. The van der Waals surface area contributed by atoms with Crippen LogP contribution in [0.25, 0.3) is 0 Å². The number of aliphatic carboxylic acids is 1.